The van der Waals surface area contributed by atoms with Gasteiger partial charge < -0.3 is 5.11 Å². The Labute approximate surface area is 112 Å². The molecule has 0 aromatic heterocycles. The number of carbonyl (C=O) groups is 1. The summed E-state index contributed by atoms with van der Waals surface area (Å²) in [6.07, 6.45) is 0.0415. The van der Waals surface area contributed by atoms with Crippen molar-refractivity contribution in [1.82, 2.24) is 5.32 Å². The van der Waals surface area contributed by atoms with Gasteiger partial charge in [-0.05, 0) is 26.3 Å². The number of nitrogens with one attached hydrogen (secondary N) is 1. The Morgan fingerprint density at radius 1 is 1.37 bits per heavy atom. The quantitative estimate of drug-likeness (QED) is 0.869. The summed E-state index contributed by atoms with van der Waals surface area (Å²) in [5.41, 5.74) is -0.988. The van der Waals surface area contributed by atoms with Crippen LogP contribution in [-0.4, -0.2) is 31.3 Å². The fourth-order valence-electron chi connectivity index (χ4n) is 2.55. The maximum absolute atomic E-state index is 12.0. The van der Waals surface area contributed by atoms with Gasteiger partial charge in [0.25, 0.3) is 0 Å². The second-order valence-electron chi connectivity index (χ2n) is 5.07. The lowest BCUT2D eigenvalue weighted by molar-refractivity contribution is -0.146. The highest BCUT2D eigenvalue weighted by Crippen LogP contribution is 2.37. The normalized spacial score (nSPS) is 25.0. The Balaban J connectivity index is 2.69. The molecule has 2 N–H and O–H groups in total. The molecule has 1 heterocycles. The summed E-state index contributed by atoms with van der Waals surface area (Å²) >= 11 is 0. The van der Waals surface area contributed by atoms with Crippen LogP contribution in [-0.2, 0) is 20.2 Å². The summed E-state index contributed by atoms with van der Waals surface area (Å²) in [6, 6.07) is 6.27. The van der Waals surface area contributed by atoms with Crippen LogP contribution in [0.4, 0.5) is 0 Å². The molecule has 6 heteroatoms. The van der Waals surface area contributed by atoms with Gasteiger partial charge in [0.05, 0.1) is 10.6 Å². The molecule has 0 fully saturated rings. The largest absolute Gasteiger partial charge is 0.480 e. The van der Waals surface area contributed by atoms with E-state index >= 15 is 0 Å². The minimum Gasteiger partial charge on any atom is -0.480 e. The molecule has 1 aliphatic heterocycles. The number of sulfone groups is 1. The van der Waals surface area contributed by atoms with Crippen LogP contribution >= 0.6 is 0 Å². The number of rotatable bonds is 3. The molecule has 19 heavy (non-hydrogen) atoms. The third-order valence-corrected chi connectivity index (χ3v) is 5.10. The monoisotopic (exact) mass is 283 g/mol. The van der Waals surface area contributed by atoms with Gasteiger partial charge in [-0.2, -0.15) is 0 Å². The molecule has 1 unspecified atom stereocenters. The second-order valence-corrected chi connectivity index (χ2v) is 7.15. The van der Waals surface area contributed by atoms with Crippen molar-refractivity contribution < 1.29 is 18.3 Å². The van der Waals surface area contributed by atoms with E-state index in [1.165, 1.54) is 6.07 Å². The number of hydrogen-bond donors (Lipinski definition) is 2. The summed E-state index contributed by atoms with van der Waals surface area (Å²) in [5.74, 6) is -1.20. The van der Waals surface area contributed by atoms with Crippen molar-refractivity contribution in [3.63, 3.8) is 0 Å². The number of benzene rings is 1. The fourth-order valence-corrected chi connectivity index (χ4v) is 4.21. The Morgan fingerprint density at radius 2 is 2.00 bits per heavy atom. The van der Waals surface area contributed by atoms with Gasteiger partial charge in [-0.3, -0.25) is 5.32 Å². The highest BCUT2D eigenvalue weighted by molar-refractivity contribution is 7.91. The first-order chi connectivity index (χ1) is 8.79. The molecule has 0 amide bonds. The van der Waals surface area contributed by atoms with Crippen molar-refractivity contribution in [2.24, 2.45) is 0 Å². The van der Waals surface area contributed by atoms with Crippen LogP contribution in [0.3, 0.4) is 0 Å². The lowest BCUT2D eigenvalue weighted by Crippen LogP contribution is -2.55. The molecule has 5 nitrogen and oxygen atoms in total. The van der Waals surface area contributed by atoms with E-state index in [4.69, 9.17) is 0 Å². The van der Waals surface area contributed by atoms with Gasteiger partial charge in [0.1, 0.15) is 5.54 Å². The molecular weight excluding hydrogens is 266 g/mol. The number of hydrogen-bond acceptors (Lipinski definition) is 4. The molecule has 0 saturated heterocycles. The first kappa shape index (κ1) is 14.0. The summed E-state index contributed by atoms with van der Waals surface area (Å²) in [4.78, 5) is 11.9. The van der Waals surface area contributed by atoms with Crippen LogP contribution in [0.1, 0.15) is 25.8 Å². The van der Waals surface area contributed by atoms with Gasteiger partial charge in [-0.15, -0.1) is 0 Å². The third-order valence-electron chi connectivity index (χ3n) is 3.33. The van der Waals surface area contributed by atoms with E-state index in [1.807, 2.05) is 13.8 Å². The van der Waals surface area contributed by atoms with Crippen LogP contribution in [0.25, 0.3) is 0 Å². The Kier molecular flexibility index (Phi) is 3.40. The van der Waals surface area contributed by atoms with Crippen LogP contribution in [0, 0.1) is 0 Å². The molecule has 1 aromatic rings. The zero-order chi connectivity index (χ0) is 14.3. The predicted octanol–water partition coefficient (Wildman–Crippen LogP) is 1.14. The summed E-state index contributed by atoms with van der Waals surface area (Å²) in [7, 11) is -3.39. The van der Waals surface area contributed by atoms with Crippen molar-refractivity contribution in [2.75, 3.05) is 5.75 Å². The van der Waals surface area contributed by atoms with Gasteiger partial charge in [0.15, 0.2) is 9.84 Å². The maximum Gasteiger partial charge on any atom is 0.328 e. The second kappa shape index (κ2) is 4.61. The lowest BCUT2D eigenvalue weighted by Gasteiger charge is -2.37. The van der Waals surface area contributed by atoms with Crippen LogP contribution in [0.2, 0.25) is 0 Å². The molecule has 104 valence electrons. The summed E-state index contributed by atoms with van der Waals surface area (Å²) < 4.78 is 24.1. The first-order valence-corrected chi connectivity index (χ1v) is 7.78. The zero-order valence-electron chi connectivity index (χ0n) is 10.9. The van der Waals surface area contributed by atoms with E-state index in [0.717, 1.165) is 0 Å². The fraction of sp³-hybridized carbons (Fsp3) is 0.462. The highest BCUT2D eigenvalue weighted by Gasteiger charge is 2.47. The van der Waals surface area contributed by atoms with Gasteiger partial charge in [-0.25, -0.2) is 13.2 Å². The zero-order valence-corrected chi connectivity index (χ0v) is 11.7. The van der Waals surface area contributed by atoms with E-state index in [-0.39, 0.29) is 23.1 Å². The standard InChI is InChI=1S/C13H17NO4S/c1-9(2)14-13(12(15)16)7-8-19(17,18)11-6-4-3-5-10(11)13/h3-6,9,14H,7-8H2,1-2H3,(H,15,16). The number of aliphatic carboxylic acids is 1. The number of carboxylic acid groups (broad SMARTS) is 1. The van der Waals surface area contributed by atoms with Crippen molar-refractivity contribution in [3.8, 4) is 0 Å². The van der Waals surface area contributed by atoms with Crippen LogP contribution < -0.4 is 5.32 Å². The minimum absolute atomic E-state index is 0.0415. The third kappa shape index (κ3) is 2.26. The molecule has 1 atom stereocenters. The van der Waals surface area contributed by atoms with Crippen LogP contribution in [0.5, 0.6) is 0 Å². The molecule has 1 aromatic carbocycles. The van der Waals surface area contributed by atoms with E-state index in [9.17, 15) is 18.3 Å². The average Bonchev–Trinajstić information content (AvgIpc) is 2.33. The van der Waals surface area contributed by atoms with Crippen molar-refractivity contribution in [1.29, 1.82) is 0 Å². The molecule has 0 bridgehead atoms. The SMILES string of the molecule is CC(C)NC1(C(=O)O)CCS(=O)(=O)c2ccccc21. The van der Waals surface area contributed by atoms with Crippen LogP contribution in [0.15, 0.2) is 29.2 Å². The molecule has 0 saturated carbocycles. The Morgan fingerprint density at radius 3 is 2.58 bits per heavy atom. The van der Waals surface area contributed by atoms with Gasteiger partial charge >= 0.3 is 5.97 Å². The average molecular weight is 283 g/mol. The van der Waals surface area contributed by atoms with Crippen molar-refractivity contribution in [3.05, 3.63) is 29.8 Å². The number of fused-ring (bicyclic) bond motifs is 1. The molecule has 2 rings (SSSR count). The van der Waals surface area contributed by atoms with E-state index in [0.29, 0.717) is 5.56 Å². The van der Waals surface area contributed by atoms with Crippen molar-refractivity contribution >= 4 is 15.8 Å². The van der Waals surface area contributed by atoms with Gasteiger partial charge in [-0.1, -0.05) is 18.2 Å². The van der Waals surface area contributed by atoms with Crippen molar-refractivity contribution in [2.45, 2.75) is 36.7 Å². The molecular formula is C13H17NO4S. The van der Waals surface area contributed by atoms with Gasteiger partial charge in [0.2, 0.25) is 0 Å². The van der Waals surface area contributed by atoms with E-state index < -0.39 is 21.3 Å². The smallest absolute Gasteiger partial charge is 0.328 e. The number of carboxylic acids is 1. The summed E-state index contributed by atoms with van der Waals surface area (Å²) in [5, 5.41) is 12.6. The molecule has 0 aliphatic carbocycles. The highest BCUT2D eigenvalue weighted by atomic mass is 32.2. The molecule has 0 spiro atoms. The Bertz CT molecular complexity index is 609. The predicted molar refractivity (Wildman–Crippen MR) is 70.7 cm³/mol. The minimum atomic E-state index is -3.39. The molecule has 1 aliphatic rings. The summed E-state index contributed by atoms with van der Waals surface area (Å²) in [6.45, 7) is 3.69. The maximum atomic E-state index is 12.0. The lowest BCUT2D eigenvalue weighted by atomic mass is 9.86. The van der Waals surface area contributed by atoms with E-state index in [2.05, 4.69) is 5.32 Å². The molecule has 0 radical (unpaired) electrons. The Hall–Kier alpha value is -1.40. The topological polar surface area (TPSA) is 83.5 Å². The first-order valence-electron chi connectivity index (χ1n) is 6.13. The van der Waals surface area contributed by atoms with E-state index in [1.54, 1.807) is 18.2 Å². The van der Waals surface area contributed by atoms with Gasteiger partial charge in [0, 0.05) is 11.6 Å².